The number of carbonyl (C=O) groups is 1. The third-order valence-corrected chi connectivity index (χ3v) is 2.46. The molecule has 0 bridgehead atoms. The van der Waals surface area contributed by atoms with Crippen molar-refractivity contribution in [3.63, 3.8) is 0 Å². The van der Waals surface area contributed by atoms with Gasteiger partial charge in [0, 0.05) is 12.6 Å². The molecule has 0 aromatic heterocycles. The second-order valence-electron chi connectivity index (χ2n) is 4.03. The molecular formula is C12H19N3O. The summed E-state index contributed by atoms with van der Waals surface area (Å²) in [5, 5.41) is 2.75. The van der Waals surface area contributed by atoms with E-state index in [4.69, 9.17) is 11.5 Å². The van der Waals surface area contributed by atoms with Crippen LogP contribution < -0.4 is 16.8 Å². The maximum absolute atomic E-state index is 11.7. The molecule has 1 amide bonds. The molecule has 0 saturated carbocycles. The van der Waals surface area contributed by atoms with Crippen molar-refractivity contribution in [3.05, 3.63) is 35.4 Å². The van der Waals surface area contributed by atoms with Gasteiger partial charge in [-0.25, -0.2) is 0 Å². The minimum absolute atomic E-state index is 0.0519. The Bertz CT molecular complexity index is 348. The van der Waals surface area contributed by atoms with E-state index in [-0.39, 0.29) is 11.9 Å². The molecule has 16 heavy (non-hydrogen) atoms. The highest BCUT2D eigenvalue weighted by Crippen LogP contribution is 2.11. The molecule has 0 radical (unpaired) electrons. The third-order valence-electron chi connectivity index (χ3n) is 2.46. The van der Waals surface area contributed by atoms with Gasteiger partial charge >= 0.3 is 0 Å². The van der Waals surface area contributed by atoms with Crippen molar-refractivity contribution in [1.82, 2.24) is 5.32 Å². The molecule has 0 aliphatic rings. The number of benzene rings is 1. The summed E-state index contributed by atoms with van der Waals surface area (Å²) in [7, 11) is 0. The lowest BCUT2D eigenvalue weighted by atomic mass is 10.1. The zero-order valence-corrected chi connectivity index (χ0v) is 9.73. The summed E-state index contributed by atoms with van der Waals surface area (Å²) in [5.41, 5.74) is 13.2. The van der Waals surface area contributed by atoms with E-state index < -0.39 is 6.04 Å². The van der Waals surface area contributed by atoms with Gasteiger partial charge in [0.15, 0.2) is 0 Å². The first-order valence-corrected chi connectivity index (χ1v) is 5.37. The fourth-order valence-electron chi connectivity index (χ4n) is 1.32. The Kier molecular flexibility index (Phi) is 4.46. The van der Waals surface area contributed by atoms with E-state index in [1.807, 2.05) is 38.1 Å². The number of nitrogens with two attached hydrogens (primary N) is 2. The Morgan fingerprint density at radius 2 is 1.94 bits per heavy atom. The van der Waals surface area contributed by atoms with E-state index in [0.29, 0.717) is 6.54 Å². The van der Waals surface area contributed by atoms with Crippen LogP contribution in [-0.4, -0.2) is 18.5 Å². The minimum Gasteiger partial charge on any atom is -0.351 e. The van der Waals surface area contributed by atoms with Gasteiger partial charge in [-0.2, -0.15) is 0 Å². The molecule has 2 atom stereocenters. The van der Waals surface area contributed by atoms with Gasteiger partial charge in [-0.1, -0.05) is 29.8 Å². The average molecular weight is 221 g/mol. The molecule has 0 saturated heterocycles. The number of rotatable bonds is 4. The smallest absolute Gasteiger partial charge is 0.241 e. The zero-order chi connectivity index (χ0) is 12.1. The summed E-state index contributed by atoms with van der Waals surface area (Å²) >= 11 is 0. The van der Waals surface area contributed by atoms with Crippen molar-refractivity contribution in [2.75, 3.05) is 6.54 Å². The van der Waals surface area contributed by atoms with Crippen LogP contribution in [0.1, 0.15) is 24.1 Å². The minimum atomic E-state index is -0.630. The molecule has 88 valence electrons. The predicted molar refractivity (Wildman–Crippen MR) is 64.8 cm³/mol. The SMILES string of the molecule is Cc1ccc(C(N)C(=O)N[C@@H](C)CN)cc1. The molecule has 0 aliphatic heterocycles. The maximum Gasteiger partial charge on any atom is 0.241 e. The van der Waals surface area contributed by atoms with E-state index in [2.05, 4.69) is 5.32 Å². The molecule has 4 nitrogen and oxygen atoms in total. The first kappa shape index (κ1) is 12.7. The lowest BCUT2D eigenvalue weighted by Gasteiger charge is -2.16. The fraction of sp³-hybridized carbons (Fsp3) is 0.417. The van der Waals surface area contributed by atoms with Crippen molar-refractivity contribution < 1.29 is 4.79 Å². The number of hydrogen-bond acceptors (Lipinski definition) is 3. The summed E-state index contributed by atoms with van der Waals surface area (Å²) in [6.45, 7) is 4.25. The summed E-state index contributed by atoms with van der Waals surface area (Å²) in [5.74, 6) is -0.193. The number of aryl methyl sites for hydroxylation is 1. The summed E-state index contributed by atoms with van der Waals surface area (Å²) < 4.78 is 0. The van der Waals surface area contributed by atoms with E-state index in [1.54, 1.807) is 0 Å². The standard InChI is InChI=1S/C12H19N3O/c1-8-3-5-10(6-4-8)11(14)12(16)15-9(2)7-13/h3-6,9,11H,7,13-14H2,1-2H3,(H,15,16)/t9-,11?/m0/s1. The van der Waals surface area contributed by atoms with E-state index in [0.717, 1.165) is 11.1 Å². The largest absolute Gasteiger partial charge is 0.351 e. The van der Waals surface area contributed by atoms with Gasteiger partial charge in [0.1, 0.15) is 6.04 Å². The Labute approximate surface area is 96.0 Å². The first-order valence-electron chi connectivity index (χ1n) is 5.37. The van der Waals surface area contributed by atoms with Crippen LogP contribution in [0, 0.1) is 6.92 Å². The molecule has 4 heteroatoms. The molecule has 0 fully saturated rings. The number of amides is 1. The van der Waals surface area contributed by atoms with Crippen molar-refractivity contribution >= 4 is 5.91 Å². The van der Waals surface area contributed by atoms with Crippen LogP contribution in [0.5, 0.6) is 0 Å². The van der Waals surface area contributed by atoms with Crippen LogP contribution in [0.2, 0.25) is 0 Å². The maximum atomic E-state index is 11.7. The zero-order valence-electron chi connectivity index (χ0n) is 9.73. The van der Waals surface area contributed by atoms with Crippen LogP contribution in [-0.2, 0) is 4.79 Å². The number of hydrogen-bond donors (Lipinski definition) is 3. The van der Waals surface area contributed by atoms with E-state index in [9.17, 15) is 4.79 Å². The Balaban J connectivity index is 2.66. The van der Waals surface area contributed by atoms with Gasteiger partial charge in [-0.15, -0.1) is 0 Å². The van der Waals surface area contributed by atoms with Gasteiger partial charge in [0.25, 0.3) is 0 Å². The number of carbonyl (C=O) groups excluding carboxylic acids is 1. The van der Waals surface area contributed by atoms with E-state index >= 15 is 0 Å². The normalized spacial score (nSPS) is 14.2. The van der Waals surface area contributed by atoms with Crippen molar-refractivity contribution in [3.8, 4) is 0 Å². The molecule has 0 heterocycles. The molecule has 0 spiro atoms. The molecule has 1 rings (SSSR count). The Morgan fingerprint density at radius 3 is 2.44 bits per heavy atom. The van der Waals surface area contributed by atoms with Gasteiger partial charge in [0.05, 0.1) is 0 Å². The van der Waals surface area contributed by atoms with Gasteiger partial charge in [0.2, 0.25) is 5.91 Å². The van der Waals surface area contributed by atoms with Crippen molar-refractivity contribution in [1.29, 1.82) is 0 Å². The van der Waals surface area contributed by atoms with Crippen LogP contribution >= 0.6 is 0 Å². The number of nitrogens with one attached hydrogen (secondary N) is 1. The highest BCUT2D eigenvalue weighted by Gasteiger charge is 2.16. The lowest BCUT2D eigenvalue weighted by Crippen LogP contribution is -2.42. The second kappa shape index (κ2) is 5.63. The highest BCUT2D eigenvalue weighted by molar-refractivity contribution is 5.83. The fourth-order valence-corrected chi connectivity index (χ4v) is 1.32. The highest BCUT2D eigenvalue weighted by atomic mass is 16.2. The van der Waals surface area contributed by atoms with Gasteiger partial charge in [-0.05, 0) is 19.4 Å². The van der Waals surface area contributed by atoms with E-state index in [1.165, 1.54) is 0 Å². The topological polar surface area (TPSA) is 81.1 Å². The van der Waals surface area contributed by atoms with Crippen LogP contribution in [0.15, 0.2) is 24.3 Å². The summed E-state index contributed by atoms with van der Waals surface area (Å²) in [6, 6.07) is 6.93. The third kappa shape index (κ3) is 3.32. The average Bonchev–Trinajstić information content (AvgIpc) is 2.28. The molecule has 5 N–H and O–H groups in total. The van der Waals surface area contributed by atoms with Gasteiger partial charge < -0.3 is 16.8 Å². The molecule has 0 aliphatic carbocycles. The quantitative estimate of drug-likeness (QED) is 0.691. The molecule has 1 unspecified atom stereocenters. The molecular weight excluding hydrogens is 202 g/mol. The lowest BCUT2D eigenvalue weighted by molar-refractivity contribution is -0.123. The summed E-state index contributed by atoms with van der Waals surface area (Å²) in [6.07, 6.45) is 0. The van der Waals surface area contributed by atoms with Gasteiger partial charge in [-0.3, -0.25) is 4.79 Å². The Morgan fingerprint density at radius 1 is 1.38 bits per heavy atom. The van der Waals surface area contributed by atoms with Crippen molar-refractivity contribution in [2.45, 2.75) is 25.9 Å². The molecule has 1 aromatic carbocycles. The monoisotopic (exact) mass is 221 g/mol. The van der Waals surface area contributed by atoms with Crippen molar-refractivity contribution in [2.24, 2.45) is 11.5 Å². The predicted octanol–water partition coefficient (Wildman–Crippen LogP) is 0.458. The van der Waals surface area contributed by atoms with Crippen LogP contribution in [0.3, 0.4) is 0 Å². The first-order chi connectivity index (χ1) is 7.54. The molecule has 1 aromatic rings. The second-order valence-corrected chi connectivity index (χ2v) is 4.03. The van der Waals surface area contributed by atoms with Crippen LogP contribution in [0.4, 0.5) is 0 Å². The summed E-state index contributed by atoms with van der Waals surface area (Å²) in [4.78, 5) is 11.7. The Hall–Kier alpha value is -1.39. The van der Waals surface area contributed by atoms with Crippen LogP contribution in [0.25, 0.3) is 0 Å².